The predicted molar refractivity (Wildman–Crippen MR) is 91.0 cm³/mol. The van der Waals surface area contributed by atoms with Gasteiger partial charge in [0.25, 0.3) is 0 Å². The molecule has 0 unspecified atom stereocenters. The molecule has 3 heterocycles. The summed E-state index contributed by atoms with van der Waals surface area (Å²) in [5.41, 5.74) is 8.80. The van der Waals surface area contributed by atoms with E-state index in [2.05, 4.69) is 15.0 Å². The molecule has 0 saturated carbocycles. The fourth-order valence-corrected chi connectivity index (χ4v) is 2.76. The van der Waals surface area contributed by atoms with Crippen LogP contribution in [0, 0.1) is 5.82 Å². The number of nitrogen functional groups attached to an aromatic ring is 1. The summed E-state index contributed by atoms with van der Waals surface area (Å²) in [5.74, 6) is 0.353. The maximum absolute atomic E-state index is 13.5. The van der Waals surface area contributed by atoms with Crippen molar-refractivity contribution in [2.24, 2.45) is 0 Å². The van der Waals surface area contributed by atoms with Crippen molar-refractivity contribution in [3.05, 3.63) is 65.8 Å². The third kappa shape index (κ3) is 2.37. The van der Waals surface area contributed by atoms with Gasteiger partial charge in [0.15, 0.2) is 0 Å². The van der Waals surface area contributed by atoms with Crippen molar-refractivity contribution in [3.8, 4) is 22.5 Å². The van der Waals surface area contributed by atoms with E-state index in [1.807, 2.05) is 16.5 Å². The van der Waals surface area contributed by atoms with E-state index in [0.717, 1.165) is 11.3 Å². The molecule has 24 heavy (non-hydrogen) atoms. The molecule has 7 heteroatoms. The number of imidazole rings is 1. The second-order valence-electron chi connectivity index (χ2n) is 5.20. The Labute approximate surface area is 141 Å². The van der Waals surface area contributed by atoms with Gasteiger partial charge in [0.2, 0.25) is 5.78 Å². The number of nitrogens with two attached hydrogens (primary N) is 1. The summed E-state index contributed by atoms with van der Waals surface area (Å²) in [7, 11) is 0. The van der Waals surface area contributed by atoms with Crippen LogP contribution < -0.4 is 5.73 Å². The fourth-order valence-electron chi connectivity index (χ4n) is 2.57. The van der Waals surface area contributed by atoms with E-state index >= 15 is 0 Å². The normalized spacial score (nSPS) is 11.1. The number of aromatic nitrogens is 4. The largest absolute Gasteiger partial charge is 0.384 e. The number of hydrogen-bond donors (Lipinski definition) is 1. The molecule has 0 saturated heterocycles. The van der Waals surface area contributed by atoms with Crippen LogP contribution in [0.2, 0.25) is 5.02 Å². The van der Waals surface area contributed by atoms with Crippen LogP contribution in [0.1, 0.15) is 0 Å². The van der Waals surface area contributed by atoms with Crippen LogP contribution in [0.3, 0.4) is 0 Å². The van der Waals surface area contributed by atoms with Crippen molar-refractivity contribution >= 4 is 23.2 Å². The molecule has 5 nitrogen and oxygen atoms in total. The second-order valence-corrected chi connectivity index (χ2v) is 5.60. The zero-order chi connectivity index (χ0) is 16.7. The molecule has 0 spiro atoms. The lowest BCUT2D eigenvalue weighted by Crippen LogP contribution is -1.95. The highest BCUT2D eigenvalue weighted by Crippen LogP contribution is 2.33. The summed E-state index contributed by atoms with van der Waals surface area (Å²) in [6.07, 6.45) is 5.19. The predicted octanol–water partition coefficient (Wildman–Crippen LogP) is 3.83. The molecule has 0 aliphatic rings. The molecule has 118 valence electrons. The van der Waals surface area contributed by atoms with Crippen molar-refractivity contribution in [3.63, 3.8) is 0 Å². The van der Waals surface area contributed by atoms with Crippen LogP contribution in [0.5, 0.6) is 0 Å². The molecular formula is C17H11ClFN5. The van der Waals surface area contributed by atoms with Gasteiger partial charge in [-0.25, -0.2) is 9.37 Å². The summed E-state index contributed by atoms with van der Waals surface area (Å²) < 4.78 is 15.3. The van der Waals surface area contributed by atoms with Crippen LogP contribution in [0.4, 0.5) is 10.2 Å². The minimum absolute atomic E-state index is 0.0395. The highest BCUT2D eigenvalue weighted by molar-refractivity contribution is 6.31. The van der Waals surface area contributed by atoms with E-state index in [1.165, 1.54) is 6.07 Å². The molecular weight excluding hydrogens is 329 g/mol. The highest BCUT2D eigenvalue weighted by atomic mass is 35.5. The fraction of sp³-hybridized carbons (Fsp3) is 0. The summed E-state index contributed by atoms with van der Waals surface area (Å²) in [6.45, 7) is 0. The zero-order valence-corrected chi connectivity index (χ0v) is 13.1. The number of benzene rings is 1. The SMILES string of the molecule is Nc1ccn2c(-c3ccncc3)c(-c3ccc(F)c(Cl)c3)nc2n1. The first-order chi connectivity index (χ1) is 11.6. The van der Waals surface area contributed by atoms with E-state index in [9.17, 15) is 4.39 Å². The van der Waals surface area contributed by atoms with Crippen LogP contribution in [0.15, 0.2) is 55.0 Å². The number of nitrogens with zero attached hydrogens (tertiary/aromatic N) is 4. The van der Waals surface area contributed by atoms with E-state index in [1.54, 1.807) is 36.8 Å². The minimum atomic E-state index is -0.475. The Balaban J connectivity index is 2.05. The molecule has 0 amide bonds. The first-order valence-electron chi connectivity index (χ1n) is 7.14. The summed E-state index contributed by atoms with van der Waals surface area (Å²) in [6, 6.07) is 9.94. The number of halogens is 2. The third-order valence-electron chi connectivity index (χ3n) is 3.66. The van der Waals surface area contributed by atoms with Gasteiger partial charge in [-0.2, -0.15) is 4.98 Å². The lowest BCUT2D eigenvalue weighted by Gasteiger charge is -2.06. The first-order valence-corrected chi connectivity index (χ1v) is 7.51. The molecule has 3 aromatic heterocycles. The van der Waals surface area contributed by atoms with Crippen LogP contribution in [-0.4, -0.2) is 19.4 Å². The molecule has 4 aromatic rings. The van der Waals surface area contributed by atoms with Gasteiger partial charge in [0.05, 0.1) is 16.4 Å². The van der Waals surface area contributed by atoms with E-state index in [-0.39, 0.29) is 5.02 Å². The third-order valence-corrected chi connectivity index (χ3v) is 3.95. The molecule has 0 aliphatic heterocycles. The Bertz CT molecular complexity index is 1050. The van der Waals surface area contributed by atoms with Gasteiger partial charge in [0, 0.05) is 29.7 Å². The Morgan fingerprint density at radius 2 is 1.79 bits per heavy atom. The number of hydrogen-bond acceptors (Lipinski definition) is 4. The Morgan fingerprint density at radius 1 is 1.00 bits per heavy atom. The molecule has 0 bridgehead atoms. The van der Waals surface area contributed by atoms with Crippen LogP contribution in [-0.2, 0) is 0 Å². The average Bonchev–Trinajstić information content (AvgIpc) is 2.96. The van der Waals surface area contributed by atoms with E-state index in [0.29, 0.717) is 22.9 Å². The number of fused-ring (bicyclic) bond motifs is 1. The summed E-state index contributed by atoms with van der Waals surface area (Å²) >= 11 is 5.93. The van der Waals surface area contributed by atoms with Gasteiger partial charge < -0.3 is 5.73 Å². The molecule has 0 fully saturated rings. The molecule has 1 aromatic carbocycles. The average molecular weight is 340 g/mol. The van der Waals surface area contributed by atoms with Gasteiger partial charge in [-0.1, -0.05) is 11.6 Å². The van der Waals surface area contributed by atoms with Crippen molar-refractivity contribution in [1.29, 1.82) is 0 Å². The highest BCUT2D eigenvalue weighted by Gasteiger charge is 2.17. The number of rotatable bonds is 2. The van der Waals surface area contributed by atoms with Gasteiger partial charge in [0.1, 0.15) is 11.6 Å². The topological polar surface area (TPSA) is 69.1 Å². The van der Waals surface area contributed by atoms with Gasteiger partial charge in [-0.05, 0) is 36.4 Å². The quantitative estimate of drug-likeness (QED) is 0.602. The van der Waals surface area contributed by atoms with Crippen molar-refractivity contribution in [1.82, 2.24) is 19.4 Å². The Hall–Kier alpha value is -2.99. The minimum Gasteiger partial charge on any atom is -0.384 e. The maximum Gasteiger partial charge on any atom is 0.236 e. The Morgan fingerprint density at radius 3 is 2.54 bits per heavy atom. The molecule has 0 radical (unpaired) electrons. The van der Waals surface area contributed by atoms with Crippen LogP contribution in [0.25, 0.3) is 28.3 Å². The van der Waals surface area contributed by atoms with Crippen molar-refractivity contribution in [2.45, 2.75) is 0 Å². The number of pyridine rings is 1. The first kappa shape index (κ1) is 14.6. The lowest BCUT2D eigenvalue weighted by atomic mass is 10.1. The lowest BCUT2D eigenvalue weighted by molar-refractivity contribution is 0.628. The summed E-state index contributed by atoms with van der Waals surface area (Å²) in [4.78, 5) is 12.9. The van der Waals surface area contributed by atoms with Crippen molar-refractivity contribution < 1.29 is 4.39 Å². The molecule has 2 N–H and O–H groups in total. The van der Waals surface area contributed by atoms with Crippen LogP contribution >= 0.6 is 11.6 Å². The van der Waals surface area contributed by atoms with Gasteiger partial charge in [-0.15, -0.1) is 0 Å². The molecule has 0 aliphatic carbocycles. The Kier molecular flexibility index (Phi) is 3.39. The smallest absolute Gasteiger partial charge is 0.236 e. The molecule has 4 rings (SSSR count). The van der Waals surface area contributed by atoms with Gasteiger partial charge >= 0.3 is 0 Å². The molecule has 0 atom stereocenters. The number of anilines is 1. The van der Waals surface area contributed by atoms with Gasteiger partial charge in [-0.3, -0.25) is 9.38 Å². The summed E-state index contributed by atoms with van der Waals surface area (Å²) in [5, 5.41) is 0.0395. The standard InChI is InChI=1S/C17H11ClFN5/c18-12-9-11(1-2-13(12)19)15-16(10-3-6-21-7-4-10)24-8-5-14(20)22-17(24)23-15/h1-9H,(H2,20,22,23). The second kappa shape index (κ2) is 5.58. The van der Waals surface area contributed by atoms with E-state index in [4.69, 9.17) is 17.3 Å². The monoisotopic (exact) mass is 339 g/mol. The maximum atomic E-state index is 13.5. The zero-order valence-electron chi connectivity index (χ0n) is 12.3. The van der Waals surface area contributed by atoms with E-state index < -0.39 is 5.82 Å². The van der Waals surface area contributed by atoms with Crippen molar-refractivity contribution in [2.75, 3.05) is 5.73 Å².